The number of nitrogens with one attached hydrogen (secondary N) is 4. The third kappa shape index (κ3) is 27.0. The minimum Gasteiger partial charge on any atom is -0.463 e. The number of hydrogen-bond donors (Lipinski definition) is 4. The van der Waals surface area contributed by atoms with Crippen LogP contribution in [0.3, 0.4) is 0 Å². The minimum atomic E-state index is -0.952. The number of likely N-dealkylation sites (N-methyl/N-ethyl adjacent to an activating group) is 1. The molecule has 4 N–H and O–H groups in total. The van der Waals surface area contributed by atoms with Crippen LogP contribution in [0.25, 0.3) is 0 Å². The van der Waals surface area contributed by atoms with Gasteiger partial charge in [0, 0.05) is 38.3 Å². The van der Waals surface area contributed by atoms with Gasteiger partial charge in [0.1, 0.15) is 39.5 Å². The summed E-state index contributed by atoms with van der Waals surface area (Å²) in [7, 11) is 5.23. The highest BCUT2D eigenvalue weighted by Crippen LogP contribution is 1.97. The molecule has 2 radical (unpaired) electrons. The molecule has 0 aliphatic heterocycles. The van der Waals surface area contributed by atoms with Crippen molar-refractivity contribution in [1.29, 1.82) is 0 Å². The Balaban J connectivity index is 4.01. The molecule has 0 aromatic rings. The smallest absolute Gasteiger partial charge is 0.439 e. The highest BCUT2D eigenvalue weighted by Gasteiger charge is 2.13. The number of amides is 2. The first-order valence-electron chi connectivity index (χ1n) is 13.3. The first-order valence-corrected chi connectivity index (χ1v) is 13.3. The minimum absolute atomic E-state index is 0.0109. The van der Waals surface area contributed by atoms with Crippen LogP contribution in [0.15, 0.2) is 0 Å². The fourth-order valence-corrected chi connectivity index (χ4v) is 2.72. The molecule has 0 saturated heterocycles. The maximum Gasteiger partial charge on any atom is 0.439 e. The maximum absolute atomic E-state index is 11.9. The van der Waals surface area contributed by atoms with E-state index < -0.39 is 42.9 Å². The van der Waals surface area contributed by atoms with Crippen LogP contribution in [-0.4, -0.2) is 140 Å². The van der Waals surface area contributed by atoms with Crippen molar-refractivity contribution in [3.63, 3.8) is 0 Å². The van der Waals surface area contributed by atoms with Gasteiger partial charge in [0.2, 0.25) is 0 Å². The highest BCUT2D eigenvalue weighted by atomic mass is 17.2. The summed E-state index contributed by atoms with van der Waals surface area (Å²) in [5.74, 6) is -1.47. The second-order valence-corrected chi connectivity index (χ2v) is 9.36. The number of carbonyl (C=O) groups excluding carboxylic acids is 5. The Labute approximate surface area is 242 Å². The van der Waals surface area contributed by atoms with Gasteiger partial charge in [-0.25, -0.2) is 9.59 Å². The summed E-state index contributed by atoms with van der Waals surface area (Å²) in [5, 5.41) is 10.6. The van der Waals surface area contributed by atoms with Crippen molar-refractivity contribution in [2.45, 2.75) is 33.2 Å². The van der Waals surface area contributed by atoms with Gasteiger partial charge in [-0.1, -0.05) is 6.92 Å². The first kappa shape index (κ1) is 38.0. The molecule has 0 atom stereocenters. The van der Waals surface area contributed by atoms with E-state index in [1.807, 2.05) is 27.7 Å². The predicted octanol–water partition coefficient (Wildman–Crippen LogP) is -1.53. The van der Waals surface area contributed by atoms with Crippen molar-refractivity contribution >= 4 is 37.7 Å². The zero-order chi connectivity index (χ0) is 30.9. The molecule has 16 nitrogen and oxygen atoms in total. The zero-order valence-corrected chi connectivity index (χ0v) is 24.4. The Hall–Kier alpha value is -2.99. The number of nitrogens with zero attached hydrogens (tertiary/aromatic N) is 1. The lowest BCUT2D eigenvalue weighted by Gasteiger charge is -2.21. The Morgan fingerprint density at radius 1 is 0.756 bits per heavy atom. The molecule has 41 heavy (non-hydrogen) atoms. The number of rotatable bonds is 23. The van der Waals surface area contributed by atoms with E-state index in [4.69, 9.17) is 26.8 Å². The SMILES string of the molecule is [B]C(=O)CN(CCOC(=O)CNC(=O)OCCOCCNC(C)(C)C)CCOC(=O)CNC(=O)OOCCNCC. The summed E-state index contributed by atoms with van der Waals surface area (Å²) in [5.41, 5.74) is -0.650. The van der Waals surface area contributed by atoms with Crippen LogP contribution < -0.4 is 21.3 Å². The highest BCUT2D eigenvalue weighted by molar-refractivity contribution is 6.58. The van der Waals surface area contributed by atoms with Gasteiger partial charge in [-0.2, -0.15) is 4.89 Å². The van der Waals surface area contributed by atoms with Gasteiger partial charge in [0.05, 0.1) is 18.9 Å². The van der Waals surface area contributed by atoms with Crippen molar-refractivity contribution in [3.8, 4) is 0 Å². The van der Waals surface area contributed by atoms with E-state index in [1.54, 1.807) is 0 Å². The Morgan fingerprint density at radius 3 is 1.93 bits per heavy atom. The van der Waals surface area contributed by atoms with Gasteiger partial charge in [-0.15, -0.1) is 0 Å². The van der Waals surface area contributed by atoms with Gasteiger partial charge in [0.15, 0.2) is 7.85 Å². The molecule has 0 aliphatic carbocycles. The van der Waals surface area contributed by atoms with Crippen molar-refractivity contribution in [2.24, 2.45) is 0 Å². The fraction of sp³-hybridized carbons (Fsp3) is 0.792. The Morgan fingerprint density at radius 2 is 1.37 bits per heavy atom. The van der Waals surface area contributed by atoms with Crippen LogP contribution in [0.5, 0.6) is 0 Å². The average molecular weight is 589 g/mol. The predicted molar refractivity (Wildman–Crippen MR) is 146 cm³/mol. The molecule has 0 aliphatic rings. The van der Waals surface area contributed by atoms with Crippen molar-refractivity contribution in [2.75, 3.05) is 92.0 Å². The molecular formula is C24H44BN5O11. The summed E-state index contributed by atoms with van der Waals surface area (Å²) in [6.07, 6.45) is -1.75. The summed E-state index contributed by atoms with van der Waals surface area (Å²) in [4.78, 5) is 68.6. The van der Waals surface area contributed by atoms with Gasteiger partial charge < -0.3 is 45.0 Å². The second kappa shape index (κ2) is 23.7. The Kier molecular flexibility index (Phi) is 22.0. The molecule has 0 spiro atoms. The van der Waals surface area contributed by atoms with Crippen molar-refractivity contribution in [1.82, 2.24) is 26.2 Å². The number of alkyl carbamates (subject to hydrolysis) is 1. The number of hydrogen-bond acceptors (Lipinski definition) is 14. The molecule has 0 bridgehead atoms. The first-order chi connectivity index (χ1) is 19.4. The lowest BCUT2D eigenvalue weighted by Crippen LogP contribution is -2.38. The zero-order valence-electron chi connectivity index (χ0n) is 24.4. The Bertz CT molecular complexity index is 784. The second-order valence-electron chi connectivity index (χ2n) is 9.36. The summed E-state index contributed by atoms with van der Waals surface area (Å²) >= 11 is 0. The van der Waals surface area contributed by atoms with E-state index in [-0.39, 0.29) is 58.2 Å². The van der Waals surface area contributed by atoms with Crippen LogP contribution in [0, 0.1) is 0 Å². The van der Waals surface area contributed by atoms with Crippen LogP contribution in [0.2, 0.25) is 0 Å². The standard InChI is InChI=1S/C24H44BN5O11/c1-5-26-6-11-40-41-23(35)28-17-21(33)38-13-9-30(18-19(25)31)8-12-37-20(32)16-27-22(34)39-15-14-36-10-7-29-24(2,3)4/h26,29H,5-18H2,1-4H3,(H,27,34)(H,28,35). The maximum atomic E-state index is 11.9. The molecule has 0 unspecified atom stereocenters. The summed E-state index contributed by atoms with van der Waals surface area (Å²) in [6.45, 7) is 9.68. The van der Waals surface area contributed by atoms with Gasteiger partial charge in [-0.05, 0) is 27.3 Å². The van der Waals surface area contributed by atoms with Gasteiger partial charge in [0.25, 0.3) is 0 Å². The molecule has 0 aromatic carbocycles. The summed E-state index contributed by atoms with van der Waals surface area (Å²) < 4.78 is 20.3. The van der Waals surface area contributed by atoms with Crippen LogP contribution in [0.4, 0.5) is 9.59 Å². The molecule has 0 aromatic heterocycles. The lowest BCUT2D eigenvalue weighted by molar-refractivity contribution is -0.236. The van der Waals surface area contributed by atoms with E-state index >= 15 is 0 Å². The molecule has 0 saturated carbocycles. The molecule has 0 fully saturated rings. The fourth-order valence-electron chi connectivity index (χ4n) is 2.72. The van der Waals surface area contributed by atoms with E-state index in [9.17, 15) is 24.0 Å². The molecule has 234 valence electrons. The lowest BCUT2D eigenvalue weighted by atomic mass is 10.0. The van der Waals surface area contributed by atoms with Crippen LogP contribution >= 0.6 is 0 Å². The molecule has 2 amide bonds. The average Bonchev–Trinajstić information content (AvgIpc) is 2.89. The number of carbonyl (C=O) groups is 5. The van der Waals surface area contributed by atoms with Gasteiger partial charge >= 0.3 is 24.1 Å². The monoisotopic (exact) mass is 589 g/mol. The normalized spacial score (nSPS) is 11.0. The number of ether oxygens (including phenoxy) is 4. The molecule has 0 rings (SSSR count). The van der Waals surface area contributed by atoms with Crippen LogP contribution in [-0.2, 0) is 43.1 Å². The third-order valence-electron chi connectivity index (χ3n) is 4.58. The largest absolute Gasteiger partial charge is 0.463 e. The summed E-state index contributed by atoms with van der Waals surface area (Å²) in [6, 6.07) is 0. The van der Waals surface area contributed by atoms with Gasteiger partial charge in [-0.3, -0.25) is 19.4 Å². The van der Waals surface area contributed by atoms with Crippen molar-refractivity contribution in [3.05, 3.63) is 0 Å². The van der Waals surface area contributed by atoms with E-state index in [0.717, 1.165) is 6.54 Å². The van der Waals surface area contributed by atoms with E-state index in [2.05, 4.69) is 31.0 Å². The third-order valence-corrected chi connectivity index (χ3v) is 4.58. The van der Waals surface area contributed by atoms with Crippen LogP contribution in [0.1, 0.15) is 27.7 Å². The molecule has 0 heterocycles. The quantitative estimate of drug-likeness (QED) is 0.0268. The molecule has 17 heteroatoms. The van der Waals surface area contributed by atoms with Crippen molar-refractivity contribution < 1.29 is 52.7 Å². The van der Waals surface area contributed by atoms with E-state index in [1.165, 1.54) is 4.90 Å². The molecular weight excluding hydrogens is 545 g/mol. The van der Waals surface area contributed by atoms with E-state index in [0.29, 0.717) is 19.7 Å². The number of esters is 2. The topological polar surface area (TPSA) is 192 Å².